The summed E-state index contributed by atoms with van der Waals surface area (Å²) in [6.07, 6.45) is -3.02. The van der Waals surface area contributed by atoms with Gasteiger partial charge in [0.15, 0.2) is 11.2 Å². The van der Waals surface area contributed by atoms with Crippen molar-refractivity contribution < 1.29 is 17.6 Å². The van der Waals surface area contributed by atoms with Crippen LogP contribution in [0.25, 0.3) is 11.2 Å². The summed E-state index contributed by atoms with van der Waals surface area (Å²) in [5.41, 5.74) is 1.63. The number of rotatable bonds is 5. The van der Waals surface area contributed by atoms with E-state index in [4.69, 9.17) is 0 Å². The van der Waals surface area contributed by atoms with E-state index in [9.17, 15) is 17.6 Å². The number of thioether (sulfide) groups is 1. The molecule has 0 unspecified atom stereocenters. The second kappa shape index (κ2) is 7.78. The Kier molecular flexibility index (Phi) is 5.18. The second-order valence-electron chi connectivity index (χ2n) is 6.21. The summed E-state index contributed by atoms with van der Waals surface area (Å²) < 4.78 is 53.3. The van der Waals surface area contributed by atoms with Crippen LogP contribution >= 0.6 is 11.8 Å². The Bertz CT molecular complexity index is 1140. The highest BCUT2D eigenvalue weighted by Crippen LogP contribution is 2.31. The van der Waals surface area contributed by atoms with Crippen molar-refractivity contribution in [3.63, 3.8) is 0 Å². The quantitative estimate of drug-likeness (QED) is 0.266. The van der Waals surface area contributed by atoms with Crippen molar-refractivity contribution in [3.05, 3.63) is 77.4 Å². The zero-order valence-corrected chi connectivity index (χ0v) is 15.6. The number of hydrogen-bond donors (Lipinski definition) is 0. The van der Waals surface area contributed by atoms with Gasteiger partial charge in [-0.05, 0) is 29.3 Å². The van der Waals surface area contributed by atoms with Crippen LogP contribution in [0.5, 0.6) is 0 Å². The molecule has 0 saturated heterocycles. The molecule has 5 nitrogen and oxygen atoms in total. The maximum Gasteiger partial charge on any atom is 0.416 e. The lowest BCUT2D eigenvalue weighted by Crippen LogP contribution is -2.05. The largest absolute Gasteiger partial charge is 0.416 e. The molecular weight excluding hydrogens is 406 g/mol. The highest BCUT2D eigenvalue weighted by molar-refractivity contribution is 7.98. The molecule has 2 heterocycles. The van der Waals surface area contributed by atoms with E-state index in [1.165, 1.54) is 36.3 Å². The van der Waals surface area contributed by atoms with Crippen LogP contribution in [0.1, 0.15) is 16.7 Å². The van der Waals surface area contributed by atoms with E-state index in [1.807, 2.05) is 0 Å². The van der Waals surface area contributed by atoms with Gasteiger partial charge in [-0.25, -0.2) is 19.0 Å². The van der Waals surface area contributed by atoms with E-state index in [-0.39, 0.29) is 5.82 Å². The maximum atomic E-state index is 13.1. The molecule has 0 amide bonds. The first-order chi connectivity index (χ1) is 13.9. The number of alkyl halides is 3. The van der Waals surface area contributed by atoms with Crippen molar-refractivity contribution in [2.45, 2.75) is 23.5 Å². The maximum absolute atomic E-state index is 13.1. The van der Waals surface area contributed by atoms with Gasteiger partial charge < -0.3 is 0 Å². The molecule has 0 fully saturated rings. The molecule has 10 heteroatoms. The van der Waals surface area contributed by atoms with E-state index in [0.29, 0.717) is 34.1 Å². The zero-order valence-electron chi connectivity index (χ0n) is 14.8. The molecule has 29 heavy (non-hydrogen) atoms. The lowest BCUT2D eigenvalue weighted by Gasteiger charge is -2.08. The monoisotopic (exact) mass is 419 g/mol. The summed E-state index contributed by atoms with van der Waals surface area (Å²) in [5, 5.41) is 8.72. The molecule has 0 aliphatic rings. The summed E-state index contributed by atoms with van der Waals surface area (Å²) in [4.78, 5) is 8.40. The highest BCUT2D eigenvalue weighted by Gasteiger charge is 2.30. The minimum Gasteiger partial charge on any atom is -0.227 e. The first kappa shape index (κ1) is 19.3. The Morgan fingerprint density at radius 1 is 0.966 bits per heavy atom. The van der Waals surface area contributed by atoms with Gasteiger partial charge in [-0.3, -0.25) is 0 Å². The van der Waals surface area contributed by atoms with Crippen LogP contribution in [0.4, 0.5) is 17.6 Å². The molecule has 0 saturated carbocycles. The average molecular weight is 419 g/mol. The molecular formula is C19H13F4N5S. The highest BCUT2D eigenvalue weighted by atomic mass is 32.2. The third-order valence-corrected chi connectivity index (χ3v) is 5.19. The average Bonchev–Trinajstić information content (AvgIpc) is 3.11. The number of aromatic nitrogens is 5. The van der Waals surface area contributed by atoms with Crippen LogP contribution < -0.4 is 0 Å². The standard InChI is InChI=1S/C19H13F4N5S/c20-15-6-4-12(5-7-15)9-28-17-16(26-27-28)18(25-11-24-17)29-10-13-2-1-3-14(8-13)19(21,22)23/h1-8,11H,9-10H2. The van der Waals surface area contributed by atoms with E-state index < -0.39 is 11.7 Å². The van der Waals surface area contributed by atoms with Gasteiger partial charge in [-0.2, -0.15) is 13.2 Å². The van der Waals surface area contributed by atoms with Crippen molar-refractivity contribution in [1.82, 2.24) is 25.0 Å². The van der Waals surface area contributed by atoms with Crippen molar-refractivity contribution in [3.8, 4) is 0 Å². The Morgan fingerprint density at radius 2 is 1.76 bits per heavy atom. The number of benzene rings is 2. The van der Waals surface area contributed by atoms with Gasteiger partial charge in [0.05, 0.1) is 12.1 Å². The van der Waals surface area contributed by atoms with Crippen molar-refractivity contribution >= 4 is 22.9 Å². The fraction of sp³-hybridized carbons (Fsp3) is 0.158. The summed E-state index contributed by atoms with van der Waals surface area (Å²) >= 11 is 1.26. The van der Waals surface area contributed by atoms with E-state index in [2.05, 4.69) is 20.3 Å². The van der Waals surface area contributed by atoms with Crippen LogP contribution in [-0.2, 0) is 18.5 Å². The summed E-state index contributed by atoms with van der Waals surface area (Å²) in [7, 11) is 0. The lowest BCUT2D eigenvalue weighted by molar-refractivity contribution is -0.137. The van der Waals surface area contributed by atoms with Crippen molar-refractivity contribution in [2.24, 2.45) is 0 Å². The molecule has 0 aliphatic carbocycles. The summed E-state index contributed by atoms with van der Waals surface area (Å²) in [6, 6.07) is 11.2. The predicted molar refractivity (Wildman–Crippen MR) is 99.6 cm³/mol. The smallest absolute Gasteiger partial charge is 0.227 e. The first-order valence-electron chi connectivity index (χ1n) is 8.48. The number of nitrogens with zero attached hydrogens (tertiary/aromatic N) is 5. The predicted octanol–water partition coefficient (Wildman–Crippen LogP) is 4.72. The Hall–Kier alpha value is -3.01. The SMILES string of the molecule is Fc1ccc(Cn2nnc3c(SCc4cccc(C(F)(F)F)c4)ncnc32)cc1. The molecule has 2 aromatic heterocycles. The van der Waals surface area contributed by atoms with E-state index in [1.54, 1.807) is 22.9 Å². The number of fused-ring (bicyclic) bond motifs is 1. The normalized spacial score (nSPS) is 11.9. The third-order valence-electron chi connectivity index (χ3n) is 4.14. The Balaban J connectivity index is 1.55. The number of halogens is 4. The summed E-state index contributed by atoms with van der Waals surface area (Å²) in [5.74, 6) is -0.0336. The van der Waals surface area contributed by atoms with Gasteiger partial charge in [-0.1, -0.05) is 47.3 Å². The molecule has 0 radical (unpaired) electrons. The van der Waals surface area contributed by atoms with Crippen LogP contribution in [0, 0.1) is 5.82 Å². The fourth-order valence-corrected chi connectivity index (χ4v) is 3.61. The molecule has 0 N–H and O–H groups in total. The van der Waals surface area contributed by atoms with Crippen LogP contribution in [-0.4, -0.2) is 25.0 Å². The third kappa shape index (κ3) is 4.37. The van der Waals surface area contributed by atoms with Gasteiger partial charge in [0.25, 0.3) is 0 Å². The van der Waals surface area contributed by atoms with Gasteiger partial charge >= 0.3 is 6.18 Å². The summed E-state index contributed by atoms with van der Waals surface area (Å²) in [6.45, 7) is 0.353. The fourth-order valence-electron chi connectivity index (χ4n) is 2.74. The Morgan fingerprint density at radius 3 is 2.52 bits per heavy atom. The molecule has 148 valence electrons. The van der Waals surface area contributed by atoms with E-state index >= 15 is 0 Å². The van der Waals surface area contributed by atoms with Crippen molar-refractivity contribution in [2.75, 3.05) is 0 Å². The minimum atomic E-state index is -4.38. The van der Waals surface area contributed by atoms with Crippen LogP contribution in [0.3, 0.4) is 0 Å². The van der Waals surface area contributed by atoms with Crippen molar-refractivity contribution in [1.29, 1.82) is 0 Å². The molecule has 2 aromatic carbocycles. The van der Waals surface area contributed by atoms with E-state index in [0.717, 1.165) is 17.7 Å². The molecule has 4 rings (SSSR count). The molecule has 0 bridgehead atoms. The molecule has 0 aliphatic heterocycles. The number of hydrogen-bond acceptors (Lipinski definition) is 5. The molecule has 0 atom stereocenters. The first-order valence-corrected chi connectivity index (χ1v) is 9.46. The lowest BCUT2D eigenvalue weighted by atomic mass is 10.1. The van der Waals surface area contributed by atoms with Gasteiger partial charge in [0.1, 0.15) is 17.2 Å². The van der Waals surface area contributed by atoms with Crippen LogP contribution in [0.15, 0.2) is 59.9 Å². The topological polar surface area (TPSA) is 56.5 Å². The minimum absolute atomic E-state index is 0.293. The second-order valence-corrected chi connectivity index (χ2v) is 7.18. The molecule has 4 aromatic rings. The molecule has 0 spiro atoms. The van der Waals surface area contributed by atoms with Crippen LogP contribution in [0.2, 0.25) is 0 Å². The van der Waals surface area contributed by atoms with Gasteiger partial charge in [0, 0.05) is 5.75 Å². The zero-order chi connectivity index (χ0) is 20.4. The van der Waals surface area contributed by atoms with Gasteiger partial charge in [-0.15, -0.1) is 5.10 Å². The van der Waals surface area contributed by atoms with Gasteiger partial charge in [0.2, 0.25) is 0 Å². The Labute approximate surface area is 166 Å².